The highest BCUT2D eigenvalue weighted by molar-refractivity contribution is 7.99. The van der Waals surface area contributed by atoms with Gasteiger partial charge < -0.3 is 10.3 Å². The second-order valence-electron chi connectivity index (χ2n) is 6.01. The monoisotopic (exact) mass is 387 g/mol. The van der Waals surface area contributed by atoms with Crippen molar-refractivity contribution in [3.05, 3.63) is 68.5 Å². The molecule has 0 spiro atoms. The first kappa shape index (κ1) is 17.0. The molecule has 0 aliphatic carbocycles. The third kappa shape index (κ3) is 3.17. The lowest BCUT2D eigenvalue weighted by atomic mass is 10.0. The largest absolute Gasteiger partial charge is 0.345 e. The van der Waals surface area contributed by atoms with E-state index in [1.165, 1.54) is 12.1 Å². The van der Waals surface area contributed by atoms with Gasteiger partial charge in [0.25, 0.3) is 11.5 Å². The van der Waals surface area contributed by atoms with E-state index in [1.54, 1.807) is 36.0 Å². The fourth-order valence-electron chi connectivity index (χ4n) is 3.07. The van der Waals surface area contributed by atoms with E-state index in [1.807, 2.05) is 0 Å². The molecule has 1 aromatic heterocycles. The normalized spacial score (nSPS) is 16.3. The van der Waals surface area contributed by atoms with E-state index < -0.39 is 0 Å². The summed E-state index contributed by atoms with van der Waals surface area (Å²) in [6.07, 6.45) is 0.725. The Morgan fingerprint density at radius 1 is 1.23 bits per heavy atom. The summed E-state index contributed by atoms with van der Waals surface area (Å²) in [4.78, 5) is 30.9. The van der Waals surface area contributed by atoms with Gasteiger partial charge in [-0.2, -0.15) is 0 Å². The maximum atomic E-state index is 13.6. The predicted molar refractivity (Wildman–Crippen MR) is 102 cm³/mol. The van der Waals surface area contributed by atoms with Gasteiger partial charge in [-0.05, 0) is 60.6 Å². The molecular formula is C18H14FN3O2S2. The molecule has 3 N–H and O–H groups in total. The highest BCUT2D eigenvalue weighted by atomic mass is 32.2. The van der Waals surface area contributed by atoms with Gasteiger partial charge in [0.05, 0.1) is 16.9 Å². The minimum atomic E-state index is -0.317. The molecule has 5 nitrogen and oxygen atoms in total. The lowest BCUT2D eigenvalue weighted by Gasteiger charge is -2.26. The molecule has 4 rings (SSSR count). The fourth-order valence-corrected chi connectivity index (χ4v) is 4.38. The van der Waals surface area contributed by atoms with Crippen LogP contribution in [-0.4, -0.2) is 21.6 Å². The first-order valence-electron chi connectivity index (χ1n) is 8.01. The van der Waals surface area contributed by atoms with Crippen LogP contribution in [0.1, 0.15) is 28.4 Å². The number of nitrogens with one attached hydrogen (secondary N) is 3. The average Bonchev–Trinajstić information content (AvgIpc) is 2.61. The predicted octanol–water partition coefficient (Wildman–Crippen LogP) is 3.69. The molecule has 1 aliphatic heterocycles. The van der Waals surface area contributed by atoms with Gasteiger partial charge >= 0.3 is 0 Å². The molecule has 0 saturated heterocycles. The number of rotatable bonds is 2. The molecule has 26 heavy (non-hydrogen) atoms. The molecule has 132 valence electrons. The Labute approximate surface area is 157 Å². The van der Waals surface area contributed by atoms with Crippen molar-refractivity contribution in [2.24, 2.45) is 0 Å². The average molecular weight is 387 g/mol. The molecule has 1 unspecified atom stereocenters. The molecule has 3 aromatic rings. The molecule has 0 radical (unpaired) electrons. The highest BCUT2D eigenvalue weighted by Crippen LogP contribution is 2.36. The standard InChI is InChI=1S/C18H14FN3O2S2/c19-10-2-4-15-12(8-10)13(5-6-26-15)20-16(23)9-1-3-11-14(7-9)21-18(25)22-17(11)24/h1-4,7-8,13H,5-6H2,(H,20,23)(H2,21,22,24,25). The number of amides is 1. The van der Waals surface area contributed by atoms with Crippen LogP contribution in [0, 0.1) is 10.6 Å². The fraction of sp³-hybridized carbons (Fsp3) is 0.167. The van der Waals surface area contributed by atoms with Gasteiger partial charge in [0.2, 0.25) is 0 Å². The zero-order valence-electron chi connectivity index (χ0n) is 13.5. The van der Waals surface area contributed by atoms with E-state index in [2.05, 4.69) is 15.3 Å². The van der Waals surface area contributed by atoms with Crippen LogP contribution in [0.25, 0.3) is 10.9 Å². The lowest BCUT2D eigenvalue weighted by molar-refractivity contribution is 0.0935. The summed E-state index contributed by atoms with van der Waals surface area (Å²) in [6, 6.07) is 9.17. The Bertz CT molecular complexity index is 1140. The molecule has 0 fully saturated rings. The molecule has 1 aliphatic rings. The van der Waals surface area contributed by atoms with Crippen molar-refractivity contribution in [2.45, 2.75) is 17.4 Å². The van der Waals surface area contributed by atoms with Crippen molar-refractivity contribution < 1.29 is 9.18 Å². The van der Waals surface area contributed by atoms with Gasteiger partial charge in [0, 0.05) is 16.2 Å². The van der Waals surface area contributed by atoms with Gasteiger partial charge in [0.15, 0.2) is 4.77 Å². The number of carbonyl (C=O) groups is 1. The Kier molecular flexibility index (Phi) is 4.37. The van der Waals surface area contributed by atoms with Crippen molar-refractivity contribution in [2.75, 3.05) is 5.75 Å². The number of thioether (sulfide) groups is 1. The number of hydrogen-bond donors (Lipinski definition) is 3. The van der Waals surface area contributed by atoms with Crippen LogP contribution >= 0.6 is 24.0 Å². The number of benzene rings is 2. The van der Waals surface area contributed by atoms with E-state index >= 15 is 0 Å². The summed E-state index contributed by atoms with van der Waals surface area (Å²) < 4.78 is 13.8. The third-order valence-electron chi connectivity index (χ3n) is 4.32. The van der Waals surface area contributed by atoms with Crippen molar-refractivity contribution >= 4 is 40.8 Å². The number of hydrogen-bond acceptors (Lipinski definition) is 4. The number of aromatic amines is 2. The number of H-pyrrole nitrogens is 2. The van der Waals surface area contributed by atoms with Crippen molar-refractivity contribution in [3.8, 4) is 0 Å². The second kappa shape index (κ2) is 6.69. The maximum absolute atomic E-state index is 13.6. The van der Waals surface area contributed by atoms with E-state index in [-0.39, 0.29) is 28.1 Å². The van der Waals surface area contributed by atoms with Crippen molar-refractivity contribution in [1.82, 2.24) is 15.3 Å². The minimum Gasteiger partial charge on any atom is -0.345 e. The Hall–Kier alpha value is -2.45. The van der Waals surface area contributed by atoms with Crippen LogP contribution in [0.15, 0.2) is 46.1 Å². The van der Waals surface area contributed by atoms with Crippen LogP contribution in [0.2, 0.25) is 0 Å². The number of halogens is 1. The molecule has 8 heteroatoms. The van der Waals surface area contributed by atoms with E-state index in [4.69, 9.17) is 12.2 Å². The lowest BCUT2D eigenvalue weighted by Crippen LogP contribution is -2.30. The van der Waals surface area contributed by atoms with E-state index in [0.29, 0.717) is 16.5 Å². The van der Waals surface area contributed by atoms with Gasteiger partial charge in [-0.25, -0.2) is 4.39 Å². The molecule has 1 atom stereocenters. The smallest absolute Gasteiger partial charge is 0.259 e. The molecule has 2 heterocycles. The van der Waals surface area contributed by atoms with Crippen LogP contribution in [0.4, 0.5) is 4.39 Å². The second-order valence-corrected chi connectivity index (χ2v) is 7.56. The zero-order valence-corrected chi connectivity index (χ0v) is 15.1. The number of carbonyl (C=O) groups excluding carboxylic acids is 1. The summed E-state index contributed by atoms with van der Waals surface area (Å²) in [6.45, 7) is 0. The molecule has 0 saturated carbocycles. The summed E-state index contributed by atoms with van der Waals surface area (Å²) in [5, 5.41) is 3.40. The van der Waals surface area contributed by atoms with Gasteiger partial charge in [0.1, 0.15) is 5.82 Å². The zero-order chi connectivity index (χ0) is 18.3. The third-order valence-corrected chi connectivity index (χ3v) is 5.65. The number of aromatic nitrogens is 2. The van der Waals surface area contributed by atoms with Crippen molar-refractivity contribution in [3.63, 3.8) is 0 Å². The first-order valence-corrected chi connectivity index (χ1v) is 9.40. The molecule has 2 aromatic carbocycles. The molecular weight excluding hydrogens is 373 g/mol. The minimum absolute atomic E-state index is 0.203. The van der Waals surface area contributed by atoms with Gasteiger partial charge in [-0.15, -0.1) is 11.8 Å². The van der Waals surface area contributed by atoms with Crippen LogP contribution in [0.3, 0.4) is 0 Å². The first-order chi connectivity index (χ1) is 12.5. The summed E-state index contributed by atoms with van der Waals surface area (Å²) in [5.74, 6) is 0.255. The van der Waals surface area contributed by atoms with Gasteiger partial charge in [-0.3, -0.25) is 14.6 Å². The number of fused-ring (bicyclic) bond motifs is 2. The molecule has 0 bridgehead atoms. The summed E-state index contributed by atoms with van der Waals surface area (Å²) in [5.41, 5.74) is 1.40. The van der Waals surface area contributed by atoms with Crippen molar-refractivity contribution in [1.29, 1.82) is 0 Å². The van der Waals surface area contributed by atoms with Gasteiger partial charge in [-0.1, -0.05) is 0 Å². The van der Waals surface area contributed by atoms with Crippen LogP contribution < -0.4 is 10.9 Å². The van der Waals surface area contributed by atoms with Crippen LogP contribution in [-0.2, 0) is 0 Å². The highest BCUT2D eigenvalue weighted by Gasteiger charge is 2.23. The topological polar surface area (TPSA) is 77.8 Å². The quantitative estimate of drug-likeness (QED) is 0.586. The van der Waals surface area contributed by atoms with E-state index in [9.17, 15) is 14.0 Å². The van der Waals surface area contributed by atoms with E-state index in [0.717, 1.165) is 22.6 Å². The summed E-state index contributed by atoms with van der Waals surface area (Å²) >= 11 is 6.63. The Morgan fingerprint density at radius 2 is 2.08 bits per heavy atom. The Balaban J connectivity index is 1.65. The van der Waals surface area contributed by atoms with Crippen LogP contribution in [0.5, 0.6) is 0 Å². The summed E-state index contributed by atoms with van der Waals surface area (Å²) in [7, 11) is 0. The Morgan fingerprint density at radius 3 is 2.92 bits per heavy atom. The SMILES string of the molecule is O=C(NC1CCSc2ccc(F)cc21)c1ccc2c(=O)[nH]c(=S)[nH]c2c1. The molecule has 1 amide bonds. The maximum Gasteiger partial charge on any atom is 0.259 e.